The fourth-order valence-corrected chi connectivity index (χ4v) is 6.40. The van der Waals surface area contributed by atoms with E-state index < -0.39 is 11.9 Å². The lowest BCUT2D eigenvalue weighted by Crippen LogP contribution is -2.60. The lowest BCUT2D eigenvalue weighted by molar-refractivity contribution is -0.948. The van der Waals surface area contributed by atoms with Gasteiger partial charge in [-0.15, -0.1) is 16.8 Å². The number of alkyl halides is 3. The van der Waals surface area contributed by atoms with E-state index in [0.29, 0.717) is 48.4 Å². The monoisotopic (exact) mass is 516 g/mol. The van der Waals surface area contributed by atoms with Crippen molar-refractivity contribution in [3.8, 4) is 5.75 Å². The van der Waals surface area contributed by atoms with Crippen LogP contribution >= 0.6 is 11.8 Å². The molecule has 1 atom stereocenters. The van der Waals surface area contributed by atoms with Crippen LogP contribution in [0.1, 0.15) is 5.69 Å². The number of phenolic OH excluding ortho intramolecular Hbond substituents is 1. The summed E-state index contributed by atoms with van der Waals surface area (Å²) >= 11 is 1.76. The number of allylic oxidation sites excluding steroid dienone is 3. The van der Waals surface area contributed by atoms with Gasteiger partial charge in [-0.1, -0.05) is 0 Å². The quantitative estimate of drug-likeness (QED) is 0.628. The number of aromatic nitrogens is 1. The maximum Gasteiger partial charge on any atom is 0.433 e. The molecule has 2 saturated heterocycles. The van der Waals surface area contributed by atoms with Crippen LogP contribution in [0.2, 0.25) is 0 Å². The van der Waals surface area contributed by atoms with E-state index in [2.05, 4.69) is 16.2 Å². The van der Waals surface area contributed by atoms with Gasteiger partial charge in [-0.05, 0) is 24.3 Å². The Morgan fingerprint density at radius 2 is 1.92 bits per heavy atom. The molecule has 6 rings (SSSR count). The largest absolute Gasteiger partial charge is 0.508 e. The fraction of sp³-hybridized carbons (Fsp3) is 0.360. The Labute approximate surface area is 210 Å². The summed E-state index contributed by atoms with van der Waals surface area (Å²) in [7, 11) is 0. The number of aromatic hydroxyl groups is 1. The normalized spacial score (nSPS) is 24.4. The number of carbonyl (C=O) groups excluding carboxylic acids is 1. The van der Waals surface area contributed by atoms with Gasteiger partial charge in [-0.2, -0.15) is 17.8 Å². The maximum atomic E-state index is 13.6. The van der Waals surface area contributed by atoms with Gasteiger partial charge in [0.25, 0.3) is 5.91 Å². The zero-order valence-electron chi connectivity index (χ0n) is 19.4. The second-order valence-electron chi connectivity index (χ2n) is 9.36. The van der Waals surface area contributed by atoms with Gasteiger partial charge in [0.05, 0.1) is 30.1 Å². The minimum Gasteiger partial charge on any atom is -0.508 e. The molecule has 36 heavy (non-hydrogen) atoms. The van der Waals surface area contributed by atoms with Gasteiger partial charge in [-0.3, -0.25) is 4.79 Å². The number of pyridine rings is 1. The van der Waals surface area contributed by atoms with Crippen molar-refractivity contribution in [1.29, 1.82) is 0 Å². The molecule has 2 aromatic rings. The summed E-state index contributed by atoms with van der Waals surface area (Å²) < 4.78 is 41.2. The molecular formula is C25H25F3N5O2S+. The molecule has 5 heterocycles. The highest BCUT2D eigenvalue weighted by Crippen LogP contribution is 2.40. The van der Waals surface area contributed by atoms with E-state index in [4.69, 9.17) is 0 Å². The number of phenols is 1. The molecule has 1 aromatic heterocycles. The average molecular weight is 517 g/mol. The van der Waals surface area contributed by atoms with Crippen LogP contribution in [0, 0.1) is 0 Å². The molecule has 7 nitrogen and oxygen atoms in total. The Kier molecular flexibility index (Phi) is 5.54. The van der Waals surface area contributed by atoms with E-state index in [1.165, 1.54) is 12.1 Å². The van der Waals surface area contributed by atoms with E-state index >= 15 is 0 Å². The van der Waals surface area contributed by atoms with Crippen LogP contribution in [0.15, 0.2) is 60.0 Å². The number of anilines is 1. The molecule has 0 saturated carbocycles. The number of thioether (sulfide) groups is 1. The molecule has 1 N–H and O–H groups in total. The molecular weight excluding hydrogens is 491 g/mol. The molecule has 0 radical (unpaired) electrons. The highest BCUT2D eigenvalue weighted by Gasteiger charge is 2.48. The van der Waals surface area contributed by atoms with Crippen LogP contribution in [0.3, 0.4) is 0 Å². The van der Waals surface area contributed by atoms with Gasteiger partial charge in [-0.25, -0.2) is 4.98 Å². The zero-order valence-corrected chi connectivity index (χ0v) is 20.2. The number of amides is 1. The van der Waals surface area contributed by atoms with E-state index in [1.54, 1.807) is 17.8 Å². The van der Waals surface area contributed by atoms with Crippen LogP contribution < -0.4 is 4.90 Å². The minimum absolute atomic E-state index is 0.0889. The van der Waals surface area contributed by atoms with Crippen LogP contribution in [0.5, 0.6) is 5.75 Å². The second-order valence-corrected chi connectivity index (χ2v) is 10.4. The van der Waals surface area contributed by atoms with E-state index in [-0.39, 0.29) is 17.2 Å². The highest BCUT2D eigenvalue weighted by atomic mass is 32.2. The third-order valence-corrected chi connectivity index (χ3v) is 8.22. The first-order chi connectivity index (χ1) is 17.2. The Morgan fingerprint density at radius 1 is 1.11 bits per heavy atom. The molecule has 0 bridgehead atoms. The minimum atomic E-state index is -4.59. The topological polar surface area (TPSA) is 59.9 Å². The van der Waals surface area contributed by atoms with Gasteiger partial charge >= 0.3 is 6.18 Å². The lowest BCUT2D eigenvalue weighted by Gasteiger charge is -2.44. The van der Waals surface area contributed by atoms with Gasteiger partial charge in [0.15, 0.2) is 5.70 Å². The Morgan fingerprint density at radius 3 is 2.64 bits per heavy atom. The SMILES string of the molecule is O=C(C1=CC2=CC=C[N@@+]2(N2CCN(c3cc(C(F)(F)F)nc4cc(O)ccc34)CC2)C1)N1CCSC1. The summed E-state index contributed by atoms with van der Waals surface area (Å²) in [5, 5.41) is 12.7. The van der Waals surface area contributed by atoms with Crippen molar-refractivity contribution >= 4 is 34.3 Å². The first-order valence-corrected chi connectivity index (χ1v) is 13.0. The van der Waals surface area contributed by atoms with Gasteiger partial charge < -0.3 is 14.9 Å². The molecule has 188 valence electrons. The molecule has 0 spiro atoms. The van der Waals surface area contributed by atoms with Crippen LogP contribution in [0.25, 0.3) is 10.9 Å². The fourth-order valence-electron chi connectivity index (χ4n) is 5.45. The number of piperazine rings is 1. The third-order valence-electron chi connectivity index (χ3n) is 7.26. The van der Waals surface area contributed by atoms with Crippen molar-refractivity contribution in [3.63, 3.8) is 0 Å². The smallest absolute Gasteiger partial charge is 0.433 e. The summed E-state index contributed by atoms with van der Waals surface area (Å²) in [5.74, 6) is 1.65. The second kappa shape index (κ2) is 8.53. The average Bonchev–Trinajstić information content (AvgIpc) is 3.59. The van der Waals surface area contributed by atoms with E-state index in [9.17, 15) is 23.1 Å². The molecule has 11 heteroatoms. The predicted octanol–water partition coefficient (Wildman–Crippen LogP) is 3.70. The molecule has 0 aliphatic carbocycles. The number of benzene rings is 1. The van der Waals surface area contributed by atoms with Crippen molar-refractivity contribution < 1.29 is 27.7 Å². The zero-order chi connectivity index (χ0) is 25.1. The van der Waals surface area contributed by atoms with Gasteiger partial charge in [0.1, 0.15) is 24.2 Å². The number of rotatable bonds is 3. The molecule has 1 aromatic carbocycles. The number of hydrogen-bond acceptors (Lipinski definition) is 6. The Hall–Kier alpha value is -3.02. The Balaban J connectivity index is 1.24. The lowest BCUT2D eigenvalue weighted by atomic mass is 10.1. The third kappa shape index (κ3) is 3.86. The van der Waals surface area contributed by atoms with Crippen molar-refractivity contribution in [3.05, 3.63) is 65.7 Å². The van der Waals surface area contributed by atoms with Crippen molar-refractivity contribution in [2.45, 2.75) is 6.18 Å². The summed E-state index contributed by atoms with van der Waals surface area (Å²) in [4.78, 5) is 20.6. The number of fused-ring (bicyclic) bond motifs is 2. The number of quaternary nitrogens is 1. The summed E-state index contributed by atoms with van der Waals surface area (Å²) in [6.45, 7) is 3.58. The van der Waals surface area contributed by atoms with Crippen LogP contribution in [-0.4, -0.2) is 81.4 Å². The number of nitrogens with zero attached hydrogens (tertiary/aromatic N) is 5. The number of halogens is 3. The summed E-state index contributed by atoms with van der Waals surface area (Å²) in [6, 6.07) is 5.45. The van der Waals surface area contributed by atoms with E-state index in [1.807, 2.05) is 28.0 Å². The molecule has 4 aliphatic rings. The number of hydrogen-bond donors (Lipinski definition) is 1. The van der Waals surface area contributed by atoms with E-state index in [0.717, 1.165) is 35.5 Å². The van der Waals surface area contributed by atoms with Crippen LogP contribution in [-0.2, 0) is 11.0 Å². The van der Waals surface area contributed by atoms with Crippen molar-refractivity contribution in [2.75, 3.05) is 55.8 Å². The predicted molar refractivity (Wildman–Crippen MR) is 132 cm³/mol. The summed E-state index contributed by atoms with van der Waals surface area (Å²) in [6.07, 6.45) is 3.53. The van der Waals surface area contributed by atoms with Gasteiger partial charge in [0, 0.05) is 54.7 Å². The standard InChI is InChI=1S/C25H24F3N5O2S/c26-25(27,28)23-14-22(20-4-3-19(34)13-21(20)29-23)30-5-7-32(8-6-30)33-10-1-2-18(33)12-17(15-33)24(35)31-9-11-36-16-31/h1-4,10,12-14H,5-9,11,15-16H2/p+1/t33-/m1/s1. The van der Waals surface area contributed by atoms with Crippen molar-refractivity contribution in [2.24, 2.45) is 0 Å². The number of carbonyl (C=O) groups is 1. The molecule has 0 unspecified atom stereocenters. The highest BCUT2D eigenvalue weighted by molar-refractivity contribution is 7.99. The van der Waals surface area contributed by atoms with Crippen molar-refractivity contribution in [1.82, 2.24) is 14.9 Å². The van der Waals surface area contributed by atoms with Gasteiger partial charge in [0.2, 0.25) is 0 Å². The first kappa shape index (κ1) is 23.4. The molecule has 1 amide bonds. The van der Waals surface area contributed by atoms with Crippen LogP contribution in [0.4, 0.5) is 18.9 Å². The molecule has 2 fully saturated rings. The Bertz CT molecular complexity index is 1330. The maximum absolute atomic E-state index is 13.6. The first-order valence-electron chi connectivity index (χ1n) is 11.8. The summed E-state index contributed by atoms with van der Waals surface area (Å²) in [5.41, 5.74) is 1.44. The molecule has 4 aliphatic heterocycles.